The highest BCUT2D eigenvalue weighted by Crippen LogP contribution is 2.47. The molecule has 1 amide bonds. The summed E-state index contributed by atoms with van der Waals surface area (Å²) >= 11 is 0. The molecule has 212 valence electrons. The third-order valence-electron chi connectivity index (χ3n) is 8.70. The van der Waals surface area contributed by atoms with Gasteiger partial charge in [0.25, 0.3) is 11.5 Å². The first kappa shape index (κ1) is 26.9. The van der Waals surface area contributed by atoms with Gasteiger partial charge in [-0.1, -0.05) is 12.1 Å². The zero-order valence-corrected chi connectivity index (χ0v) is 22.9. The Kier molecular flexibility index (Phi) is 6.15. The summed E-state index contributed by atoms with van der Waals surface area (Å²) in [6.07, 6.45) is 2.76. The van der Waals surface area contributed by atoms with E-state index in [0.717, 1.165) is 26.3 Å². The standard InChI is InChI=1S/C31H30F2N4O4/c1-15-17(6-4-8-23(15)37-25(38)14-24-20(32)7-5-11-36(24)30(37)40)26-21(33)13-19(29(34)39)28-27(26)18-10-9-16(31(2,3)41)12-22(18)35-28/h4-8,11,13-14,16,21,26,35,41H,9-10,12H2,1-3H3,(H2,34,39)/t16-,21+,26?/m0/s1. The summed E-state index contributed by atoms with van der Waals surface area (Å²) in [5.74, 6) is -2.32. The van der Waals surface area contributed by atoms with Gasteiger partial charge in [-0.25, -0.2) is 18.1 Å². The molecule has 0 spiro atoms. The molecule has 4 N–H and O–H groups in total. The Hall–Kier alpha value is -4.31. The number of fused-ring (bicyclic) bond motifs is 4. The highest BCUT2D eigenvalue weighted by molar-refractivity contribution is 6.19. The Labute approximate surface area is 233 Å². The van der Waals surface area contributed by atoms with Gasteiger partial charge >= 0.3 is 5.69 Å². The van der Waals surface area contributed by atoms with E-state index < -0.39 is 40.7 Å². The molecule has 4 aromatic rings. The predicted octanol–water partition coefficient (Wildman–Crippen LogP) is 3.45. The van der Waals surface area contributed by atoms with Crippen LogP contribution in [0.5, 0.6) is 0 Å². The van der Waals surface area contributed by atoms with E-state index in [9.17, 15) is 23.9 Å². The molecule has 0 bridgehead atoms. The van der Waals surface area contributed by atoms with Crippen molar-refractivity contribution in [2.24, 2.45) is 11.7 Å². The maximum Gasteiger partial charge on any atom is 0.340 e. The molecule has 1 unspecified atom stereocenters. The molecule has 41 heavy (non-hydrogen) atoms. The number of alkyl halides is 1. The third-order valence-corrected chi connectivity index (χ3v) is 8.70. The second kappa shape index (κ2) is 9.37. The minimum atomic E-state index is -1.62. The number of benzene rings is 1. The van der Waals surface area contributed by atoms with Crippen LogP contribution in [0, 0.1) is 18.7 Å². The van der Waals surface area contributed by atoms with Crippen molar-refractivity contribution in [3.63, 3.8) is 0 Å². The highest BCUT2D eigenvalue weighted by Gasteiger charge is 2.41. The number of carbonyl (C=O) groups is 1. The number of primary amides is 1. The van der Waals surface area contributed by atoms with E-state index in [2.05, 4.69) is 4.98 Å². The molecule has 3 atom stereocenters. The molecule has 3 heterocycles. The number of nitrogens with zero attached hydrogens (tertiary/aromatic N) is 2. The average Bonchev–Trinajstić information content (AvgIpc) is 3.28. The summed E-state index contributed by atoms with van der Waals surface area (Å²) in [7, 11) is 0. The minimum absolute atomic E-state index is 0.0293. The predicted molar refractivity (Wildman–Crippen MR) is 150 cm³/mol. The van der Waals surface area contributed by atoms with E-state index >= 15 is 4.39 Å². The quantitative estimate of drug-likeness (QED) is 0.354. The normalized spacial score (nSPS) is 20.4. The molecule has 6 rings (SSSR count). The van der Waals surface area contributed by atoms with Crippen LogP contribution in [0.15, 0.2) is 58.3 Å². The first-order valence-electron chi connectivity index (χ1n) is 13.5. The number of hydrogen-bond acceptors (Lipinski definition) is 4. The first-order chi connectivity index (χ1) is 19.4. The molecule has 3 aromatic heterocycles. The van der Waals surface area contributed by atoms with Crippen LogP contribution in [0.4, 0.5) is 8.78 Å². The zero-order valence-electron chi connectivity index (χ0n) is 22.9. The van der Waals surface area contributed by atoms with Gasteiger partial charge in [-0.05, 0) is 92.5 Å². The number of halogens is 2. The fraction of sp³-hybridized carbons (Fsp3) is 0.323. The topological polar surface area (TPSA) is 123 Å². The van der Waals surface area contributed by atoms with Crippen molar-refractivity contribution in [1.29, 1.82) is 0 Å². The number of amides is 1. The molecule has 0 fully saturated rings. The van der Waals surface area contributed by atoms with Gasteiger partial charge in [-0.15, -0.1) is 0 Å². The van der Waals surface area contributed by atoms with Crippen molar-refractivity contribution in [3.8, 4) is 5.69 Å². The lowest BCUT2D eigenvalue weighted by molar-refractivity contribution is -0.112. The van der Waals surface area contributed by atoms with Crippen LogP contribution in [0.1, 0.15) is 59.8 Å². The molecular weight excluding hydrogens is 530 g/mol. The fourth-order valence-electron chi connectivity index (χ4n) is 6.55. The van der Waals surface area contributed by atoms with Crippen molar-refractivity contribution >= 4 is 17.0 Å². The fourth-order valence-corrected chi connectivity index (χ4v) is 6.55. The number of nitrogens with one attached hydrogen (secondary N) is 1. The summed E-state index contributed by atoms with van der Waals surface area (Å²) in [5.41, 5.74) is 7.32. The molecular formula is C31H30F2N4O4. The summed E-state index contributed by atoms with van der Waals surface area (Å²) < 4.78 is 32.5. The smallest absolute Gasteiger partial charge is 0.340 e. The molecule has 10 heteroatoms. The van der Waals surface area contributed by atoms with Crippen LogP contribution < -0.4 is 17.0 Å². The Bertz CT molecular complexity index is 1890. The zero-order chi connectivity index (χ0) is 29.4. The Morgan fingerprint density at radius 3 is 2.66 bits per heavy atom. The number of aromatic amines is 1. The van der Waals surface area contributed by atoms with E-state index in [-0.39, 0.29) is 22.7 Å². The lowest BCUT2D eigenvalue weighted by atomic mass is 9.73. The molecule has 1 aromatic carbocycles. The number of aromatic nitrogens is 3. The van der Waals surface area contributed by atoms with Gasteiger partial charge in [0, 0.05) is 23.9 Å². The Morgan fingerprint density at radius 1 is 1.20 bits per heavy atom. The van der Waals surface area contributed by atoms with E-state index in [4.69, 9.17) is 5.73 Å². The number of aliphatic hydroxyl groups is 1. The Morgan fingerprint density at radius 2 is 1.95 bits per heavy atom. The lowest BCUT2D eigenvalue weighted by Gasteiger charge is -2.34. The van der Waals surface area contributed by atoms with Crippen molar-refractivity contribution < 1.29 is 18.7 Å². The number of carbonyl (C=O) groups excluding carboxylic acids is 1. The van der Waals surface area contributed by atoms with Crippen LogP contribution >= 0.6 is 0 Å². The van der Waals surface area contributed by atoms with Crippen molar-refractivity contribution in [1.82, 2.24) is 14.0 Å². The van der Waals surface area contributed by atoms with Crippen molar-refractivity contribution in [2.45, 2.75) is 57.7 Å². The van der Waals surface area contributed by atoms with E-state index in [0.29, 0.717) is 41.6 Å². The van der Waals surface area contributed by atoms with Crippen molar-refractivity contribution in [2.75, 3.05) is 0 Å². The summed E-state index contributed by atoms with van der Waals surface area (Å²) in [4.78, 5) is 42.2. The van der Waals surface area contributed by atoms with Crippen LogP contribution in [0.3, 0.4) is 0 Å². The van der Waals surface area contributed by atoms with Gasteiger partial charge in [0.05, 0.1) is 28.1 Å². The number of H-pyrrole nitrogens is 1. The van der Waals surface area contributed by atoms with Gasteiger partial charge in [0.2, 0.25) is 0 Å². The van der Waals surface area contributed by atoms with Crippen LogP contribution in [0.2, 0.25) is 0 Å². The van der Waals surface area contributed by atoms with Gasteiger partial charge < -0.3 is 15.8 Å². The molecule has 0 saturated carbocycles. The first-order valence-corrected chi connectivity index (χ1v) is 13.5. The molecule has 8 nitrogen and oxygen atoms in total. The van der Waals surface area contributed by atoms with Gasteiger partial charge in [-0.3, -0.25) is 14.0 Å². The van der Waals surface area contributed by atoms with Crippen LogP contribution in [-0.2, 0) is 17.6 Å². The maximum atomic E-state index is 16.1. The molecule has 0 saturated heterocycles. The highest BCUT2D eigenvalue weighted by atomic mass is 19.1. The number of nitrogens with two attached hydrogens (primary N) is 1. The molecule has 2 aliphatic carbocycles. The second-order valence-corrected chi connectivity index (χ2v) is 11.5. The maximum absolute atomic E-state index is 16.1. The SMILES string of the molecule is Cc1c(C2c3c([nH]c4c3CC[C@H](C(C)(C)O)C4)C(C(N)=O)=C[C@H]2F)cccc1-n1c(=O)cc2c(F)cccn2c1=O. The molecule has 0 aliphatic heterocycles. The largest absolute Gasteiger partial charge is 0.390 e. The van der Waals surface area contributed by atoms with Crippen LogP contribution in [-0.4, -0.2) is 36.7 Å². The van der Waals surface area contributed by atoms with Gasteiger partial charge in [0.15, 0.2) is 0 Å². The molecule has 2 aliphatic rings. The second-order valence-electron chi connectivity index (χ2n) is 11.5. The number of hydrogen-bond donors (Lipinski definition) is 3. The lowest BCUT2D eigenvalue weighted by Crippen LogP contribution is -2.36. The summed E-state index contributed by atoms with van der Waals surface area (Å²) in [5, 5.41) is 10.6. The van der Waals surface area contributed by atoms with Crippen molar-refractivity contribution in [3.05, 3.63) is 109 Å². The number of pyridine rings is 1. The third kappa shape index (κ3) is 4.16. The monoisotopic (exact) mass is 560 g/mol. The van der Waals surface area contributed by atoms with Gasteiger partial charge in [0.1, 0.15) is 12.0 Å². The summed E-state index contributed by atoms with van der Waals surface area (Å²) in [6, 6.07) is 8.58. The van der Waals surface area contributed by atoms with E-state index in [1.165, 1.54) is 24.4 Å². The van der Waals surface area contributed by atoms with Crippen LogP contribution in [0.25, 0.3) is 16.8 Å². The minimum Gasteiger partial charge on any atom is -0.390 e. The van der Waals surface area contributed by atoms with Gasteiger partial charge in [-0.2, -0.15) is 0 Å². The summed E-state index contributed by atoms with van der Waals surface area (Å²) in [6.45, 7) is 5.24. The number of rotatable bonds is 4. The van der Waals surface area contributed by atoms with E-state index in [1.54, 1.807) is 39.0 Å². The average molecular weight is 561 g/mol. The molecule has 0 radical (unpaired) electrons. The number of allylic oxidation sites excluding steroid dienone is 1. The Balaban J connectivity index is 1.55. The van der Waals surface area contributed by atoms with E-state index in [1.807, 2.05) is 0 Å².